The third-order valence-corrected chi connectivity index (χ3v) is 3.39. The van der Waals surface area contributed by atoms with E-state index >= 15 is 0 Å². The lowest BCUT2D eigenvalue weighted by atomic mass is 9.90. The fraction of sp³-hybridized carbons (Fsp3) is 0.933. The molecule has 0 aromatic rings. The van der Waals surface area contributed by atoms with Gasteiger partial charge >= 0.3 is 0 Å². The first kappa shape index (κ1) is 15.6. The highest BCUT2D eigenvalue weighted by Crippen LogP contribution is 2.20. The van der Waals surface area contributed by atoms with E-state index in [2.05, 4.69) is 37.6 Å². The summed E-state index contributed by atoms with van der Waals surface area (Å²) in [7, 11) is 0. The van der Waals surface area contributed by atoms with Gasteiger partial charge in [0.25, 0.3) is 0 Å². The molecule has 0 spiro atoms. The molecule has 3 heteroatoms. The molecule has 1 aliphatic heterocycles. The first-order valence-electron chi connectivity index (χ1n) is 7.27. The van der Waals surface area contributed by atoms with Crippen molar-refractivity contribution >= 4 is 5.71 Å². The molecule has 1 fully saturated rings. The summed E-state index contributed by atoms with van der Waals surface area (Å²) in [5, 5.41) is 0. The number of hydrogen-bond acceptors (Lipinski definition) is 3. The summed E-state index contributed by atoms with van der Waals surface area (Å²) in [5.74, 6) is 0. The van der Waals surface area contributed by atoms with E-state index in [9.17, 15) is 0 Å². The van der Waals surface area contributed by atoms with Crippen LogP contribution in [0.15, 0.2) is 4.99 Å². The third kappa shape index (κ3) is 7.83. The molecule has 1 rings (SSSR count). The monoisotopic (exact) mass is 254 g/mol. The highest BCUT2D eigenvalue weighted by Gasteiger charge is 2.10. The Bertz CT molecular complexity index is 250. The van der Waals surface area contributed by atoms with Gasteiger partial charge in [-0.05, 0) is 38.0 Å². The van der Waals surface area contributed by atoms with E-state index in [4.69, 9.17) is 4.74 Å². The van der Waals surface area contributed by atoms with Crippen molar-refractivity contribution in [1.82, 2.24) is 4.90 Å². The van der Waals surface area contributed by atoms with Crippen LogP contribution in [0.1, 0.15) is 59.8 Å². The minimum atomic E-state index is 0.394. The molecule has 18 heavy (non-hydrogen) atoms. The Hall–Kier alpha value is -0.410. The van der Waals surface area contributed by atoms with Crippen LogP contribution in [-0.2, 0) is 4.74 Å². The second-order valence-corrected chi connectivity index (χ2v) is 6.60. The average Bonchev–Trinajstić information content (AvgIpc) is 2.33. The van der Waals surface area contributed by atoms with Gasteiger partial charge in [0.15, 0.2) is 0 Å². The van der Waals surface area contributed by atoms with Gasteiger partial charge in [0.1, 0.15) is 13.5 Å². The van der Waals surface area contributed by atoms with Gasteiger partial charge in [-0.15, -0.1) is 0 Å². The van der Waals surface area contributed by atoms with Gasteiger partial charge in [0.2, 0.25) is 0 Å². The normalized spacial score (nSPS) is 19.2. The topological polar surface area (TPSA) is 24.8 Å². The Balaban J connectivity index is 2.07. The minimum absolute atomic E-state index is 0.394. The second-order valence-electron chi connectivity index (χ2n) is 6.60. The Morgan fingerprint density at radius 2 is 1.83 bits per heavy atom. The fourth-order valence-corrected chi connectivity index (χ4v) is 2.05. The van der Waals surface area contributed by atoms with E-state index in [1.165, 1.54) is 44.5 Å². The molecule has 3 nitrogen and oxygen atoms in total. The summed E-state index contributed by atoms with van der Waals surface area (Å²) >= 11 is 0. The standard InChI is InChI=1S/C15H30N2O/c1-14(8-9-15(2,3)4)16-12-18-13-17-10-6-5-7-11-17/h5-13H2,1-4H3. The zero-order valence-electron chi connectivity index (χ0n) is 12.7. The zero-order valence-corrected chi connectivity index (χ0v) is 12.7. The molecule has 0 radical (unpaired) electrons. The van der Waals surface area contributed by atoms with Crippen molar-refractivity contribution < 1.29 is 4.74 Å². The Labute approximate surface area is 113 Å². The molecule has 0 aromatic carbocycles. The van der Waals surface area contributed by atoms with Gasteiger partial charge in [-0.1, -0.05) is 27.2 Å². The summed E-state index contributed by atoms with van der Waals surface area (Å²) < 4.78 is 5.61. The van der Waals surface area contributed by atoms with E-state index in [-0.39, 0.29) is 0 Å². The van der Waals surface area contributed by atoms with E-state index in [0.717, 1.165) is 13.2 Å². The first-order valence-corrected chi connectivity index (χ1v) is 7.27. The predicted octanol–water partition coefficient (Wildman–Crippen LogP) is 3.69. The number of nitrogens with zero attached hydrogens (tertiary/aromatic N) is 2. The first-order chi connectivity index (χ1) is 8.47. The van der Waals surface area contributed by atoms with Crippen LogP contribution in [0.25, 0.3) is 0 Å². The molecule has 106 valence electrons. The number of hydrogen-bond donors (Lipinski definition) is 0. The van der Waals surface area contributed by atoms with Crippen molar-refractivity contribution in [3.05, 3.63) is 0 Å². The van der Waals surface area contributed by atoms with Gasteiger partial charge < -0.3 is 4.74 Å². The molecule has 0 N–H and O–H groups in total. The molecular formula is C15H30N2O. The Kier molecular flexibility index (Phi) is 6.87. The zero-order chi connectivity index (χ0) is 13.4. The fourth-order valence-electron chi connectivity index (χ4n) is 2.05. The number of rotatable bonds is 6. The van der Waals surface area contributed by atoms with E-state index in [1.54, 1.807) is 0 Å². The number of likely N-dealkylation sites (tertiary alicyclic amines) is 1. The van der Waals surface area contributed by atoms with Gasteiger partial charge in [-0.25, -0.2) is 0 Å². The molecule has 1 aliphatic rings. The summed E-state index contributed by atoms with van der Waals surface area (Å²) in [6.45, 7) is 12.6. The van der Waals surface area contributed by atoms with E-state index < -0.39 is 0 Å². The molecular weight excluding hydrogens is 224 g/mol. The number of ether oxygens (including phenoxy) is 1. The van der Waals surface area contributed by atoms with Crippen LogP contribution >= 0.6 is 0 Å². The molecule has 1 saturated heterocycles. The summed E-state index contributed by atoms with van der Waals surface area (Å²) in [6.07, 6.45) is 6.28. The average molecular weight is 254 g/mol. The predicted molar refractivity (Wildman–Crippen MR) is 78.0 cm³/mol. The van der Waals surface area contributed by atoms with E-state index in [0.29, 0.717) is 12.1 Å². The summed E-state index contributed by atoms with van der Waals surface area (Å²) in [5.41, 5.74) is 1.61. The van der Waals surface area contributed by atoms with Crippen LogP contribution in [-0.4, -0.2) is 37.2 Å². The maximum atomic E-state index is 5.61. The van der Waals surface area contributed by atoms with Crippen molar-refractivity contribution in [2.45, 2.75) is 59.8 Å². The molecule has 0 saturated carbocycles. The van der Waals surface area contributed by atoms with Gasteiger partial charge in [-0.2, -0.15) is 0 Å². The van der Waals surface area contributed by atoms with Crippen LogP contribution in [0.2, 0.25) is 0 Å². The Morgan fingerprint density at radius 3 is 2.44 bits per heavy atom. The van der Waals surface area contributed by atoms with Crippen LogP contribution < -0.4 is 0 Å². The van der Waals surface area contributed by atoms with Crippen LogP contribution in [0, 0.1) is 5.41 Å². The Morgan fingerprint density at radius 1 is 1.17 bits per heavy atom. The highest BCUT2D eigenvalue weighted by molar-refractivity contribution is 5.81. The van der Waals surface area contributed by atoms with Crippen molar-refractivity contribution in [2.24, 2.45) is 10.4 Å². The quantitative estimate of drug-likeness (QED) is 0.533. The maximum Gasteiger partial charge on any atom is 0.139 e. The van der Waals surface area contributed by atoms with Crippen molar-refractivity contribution in [2.75, 3.05) is 26.6 Å². The molecule has 0 aliphatic carbocycles. The highest BCUT2D eigenvalue weighted by atomic mass is 16.5. The SMILES string of the molecule is CC(CCC(C)(C)C)=NCOCN1CCCCC1. The molecule has 0 atom stereocenters. The lowest BCUT2D eigenvalue weighted by Crippen LogP contribution is -2.31. The van der Waals surface area contributed by atoms with Crippen LogP contribution in [0.5, 0.6) is 0 Å². The van der Waals surface area contributed by atoms with Crippen molar-refractivity contribution in [1.29, 1.82) is 0 Å². The minimum Gasteiger partial charge on any atom is -0.344 e. The van der Waals surface area contributed by atoms with Crippen molar-refractivity contribution in [3.8, 4) is 0 Å². The lowest BCUT2D eigenvalue weighted by molar-refractivity contribution is 0.0228. The maximum absolute atomic E-state index is 5.61. The summed E-state index contributed by atoms with van der Waals surface area (Å²) in [6, 6.07) is 0. The molecule has 0 bridgehead atoms. The molecule has 0 amide bonds. The number of aliphatic imine (C=N–C) groups is 1. The van der Waals surface area contributed by atoms with Crippen LogP contribution in [0.4, 0.5) is 0 Å². The second kappa shape index (κ2) is 7.90. The van der Waals surface area contributed by atoms with Gasteiger partial charge in [0.05, 0.1) is 0 Å². The molecule has 0 unspecified atom stereocenters. The number of piperidine rings is 1. The lowest BCUT2D eigenvalue weighted by Gasteiger charge is -2.25. The smallest absolute Gasteiger partial charge is 0.139 e. The van der Waals surface area contributed by atoms with Gasteiger partial charge in [0, 0.05) is 18.8 Å². The molecule has 1 heterocycles. The van der Waals surface area contributed by atoms with Crippen LogP contribution in [0.3, 0.4) is 0 Å². The van der Waals surface area contributed by atoms with Gasteiger partial charge in [-0.3, -0.25) is 9.89 Å². The largest absolute Gasteiger partial charge is 0.344 e. The van der Waals surface area contributed by atoms with Crippen molar-refractivity contribution in [3.63, 3.8) is 0 Å². The third-order valence-electron chi connectivity index (χ3n) is 3.39. The van der Waals surface area contributed by atoms with E-state index in [1.807, 2.05) is 0 Å². The summed E-state index contributed by atoms with van der Waals surface area (Å²) in [4.78, 5) is 6.86. The molecule has 0 aromatic heterocycles.